The summed E-state index contributed by atoms with van der Waals surface area (Å²) in [4.78, 5) is 5.50. The second-order valence-corrected chi connectivity index (χ2v) is 9.72. The predicted molar refractivity (Wildman–Crippen MR) is 141 cm³/mol. The van der Waals surface area contributed by atoms with E-state index in [1.54, 1.807) is 6.07 Å². The van der Waals surface area contributed by atoms with Crippen LogP contribution in [0.1, 0.15) is 54.0 Å². The van der Waals surface area contributed by atoms with E-state index in [1.807, 2.05) is 42.6 Å². The van der Waals surface area contributed by atoms with Crippen molar-refractivity contribution >= 4 is 10.9 Å². The van der Waals surface area contributed by atoms with Gasteiger partial charge in [0.2, 0.25) is 0 Å². The Labute approximate surface area is 216 Å². The fourth-order valence-electron chi connectivity index (χ4n) is 5.62. The molecule has 37 heavy (non-hydrogen) atoms. The van der Waals surface area contributed by atoms with Gasteiger partial charge >= 0.3 is 0 Å². The van der Waals surface area contributed by atoms with Crippen LogP contribution in [0.5, 0.6) is 0 Å². The van der Waals surface area contributed by atoms with Gasteiger partial charge in [0, 0.05) is 11.6 Å². The van der Waals surface area contributed by atoms with Gasteiger partial charge in [-0.3, -0.25) is 0 Å². The molecule has 0 radical (unpaired) electrons. The molecular weight excluding hydrogens is 468 g/mol. The maximum Gasteiger partial charge on any atom is 0.147 e. The fourth-order valence-corrected chi connectivity index (χ4v) is 5.62. The smallest absolute Gasteiger partial charge is 0.147 e. The number of nitriles is 1. The Morgan fingerprint density at radius 3 is 2.65 bits per heavy atom. The maximum absolute atomic E-state index is 14.0. The Morgan fingerprint density at radius 1 is 1.05 bits per heavy atom. The third-order valence-electron chi connectivity index (χ3n) is 7.58. The molecule has 0 aliphatic carbocycles. The highest BCUT2D eigenvalue weighted by atomic mass is 19.1. The van der Waals surface area contributed by atoms with Crippen molar-refractivity contribution < 1.29 is 13.5 Å². The van der Waals surface area contributed by atoms with Crippen LogP contribution in [-0.2, 0) is 23.4 Å². The molecule has 1 atom stereocenters. The Hall–Kier alpha value is -3.53. The number of halogens is 2. The Kier molecular flexibility index (Phi) is 7.36. The van der Waals surface area contributed by atoms with Crippen LogP contribution in [0, 0.1) is 23.0 Å². The molecule has 0 spiro atoms. The normalized spacial score (nSPS) is 16.8. The summed E-state index contributed by atoms with van der Waals surface area (Å²) in [6.45, 7) is 5.41. The molecule has 6 heteroatoms. The van der Waals surface area contributed by atoms with E-state index in [4.69, 9.17) is 4.74 Å². The second-order valence-electron chi connectivity index (χ2n) is 9.72. The lowest BCUT2D eigenvalue weighted by atomic mass is 9.81. The van der Waals surface area contributed by atoms with Gasteiger partial charge in [-0.1, -0.05) is 37.3 Å². The summed E-state index contributed by atoms with van der Waals surface area (Å²) in [5.41, 5.74) is 4.71. The van der Waals surface area contributed by atoms with Gasteiger partial charge in [0.1, 0.15) is 17.2 Å². The zero-order valence-electron chi connectivity index (χ0n) is 21.1. The number of ether oxygens (including phenoxy) is 1. The number of hydrogen-bond acceptors (Lipinski definition) is 3. The third-order valence-corrected chi connectivity index (χ3v) is 7.58. The van der Waals surface area contributed by atoms with Crippen LogP contribution in [0.15, 0.2) is 66.9 Å². The van der Waals surface area contributed by atoms with Crippen molar-refractivity contribution in [3.05, 3.63) is 106 Å². The van der Waals surface area contributed by atoms with Crippen molar-refractivity contribution in [1.82, 2.24) is 9.88 Å². The number of aromatic nitrogens is 1. The molecule has 1 aliphatic heterocycles. The quantitative estimate of drug-likeness (QED) is 0.260. The number of fused-ring (bicyclic) bond motifs is 2. The van der Waals surface area contributed by atoms with Crippen LogP contribution in [0.3, 0.4) is 0 Å². The lowest BCUT2D eigenvalue weighted by molar-refractivity contribution is -0.0145. The standard InChI is InChI=1S/C31H31F2N3O/c1-2-36(16-4-6-23-20-35-30-27(23)7-3-8-29(30)33)17-5-15-31(25-10-12-26(32)13-11-25)28-14-9-22(19-34)18-24(28)21-37-31/h3,7-14,18,20,35H,2,4-6,15-17,21H2,1H3. The number of nitrogens with zero attached hydrogens (tertiary/aromatic N) is 2. The molecule has 190 valence electrons. The lowest BCUT2D eigenvalue weighted by Crippen LogP contribution is -2.31. The van der Waals surface area contributed by atoms with Gasteiger partial charge in [0.25, 0.3) is 0 Å². The molecule has 1 unspecified atom stereocenters. The first-order valence-electron chi connectivity index (χ1n) is 12.9. The van der Waals surface area contributed by atoms with Crippen molar-refractivity contribution in [3.8, 4) is 6.07 Å². The summed E-state index contributed by atoms with van der Waals surface area (Å²) in [5, 5.41) is 10.3. The van der Waals surface area contributed by atoms with E-state index in [0.29, 0.717) is 17.7 Å². The van der Waals surface area contributed by atoms with Gasteiger partial charge in [-0.05, 0) is 97.9 Å². The molecule has 4 nitrogen and oxygen atoms in total. The number of benzene rings is 3. The minimum absolute atomic E-state index is 0.214. The van der Waals surface area contributed by atoms with E-state index in [2.05, 4.69) is 22.9 Å². The topological polar surface area (TPSA) is 52.0 Å². The van der Waals surface area contributed by atoms with Crippen LogP contribution in [0.2, 0.25) is 0 Å². The number of para-hydroxylation sites is 1. The van der Waals surface area contributed by atoms with Gasteiger partial charge in [-0.15, -0.1) is 0 Å². The Balaban J connectivity index is 1.25. The van der Waals surface area contributed by atoms with Gasteiger partial charge in [0.05, 0.1) is 23.8 Å². The van der Waals surface area contributed by atoms with Gasteiger partial charge in [-0.25, -0.2) is 8.78 Å². The summed E-state index contributed by atoms with van der Waals surface area (Å²) >= 11 is 0. The average molecular weight is 500 g/mol. The molecule has 0 saturated carbocycles. The van der Waals surface area contributed by atoms with Crippen molar-refractivity contribution in [2.24, 2.45) is 0 Å². The van der Waals surface area contributed by atoms with Crippen molar-refractivity contribution in [1.29, 1.82) is 5.26 Å². The molecule has 0 fully saturated rings. The van der Waals surface area contributed by atoms with E-state index < -0.39 is 5.60 Å². The monoisotopic (exact) mass is 499 g/mol. The summed E-state index contributed by atoms with van der Waals surface area (Å²) in [6.07, 6.45) is 5.45. The van der Waals surface area contributed by atoms with Gasteiger partial charge < -0.3 is 14.6 Å². The molecule has 3 aromatic carbocycles. The minimum Gasteiger partial charge on any atom is -0.361 e. The lowest BCUT2D eigenvalue weighted by Gasteiger charge is -2.32. The first kappa shape index (κ1) is 25.1. The minimum atomic E-state index is -0.648. The van der Waals surface area contributed by atoms with Crippen LogP contribution in [0.25, 0.3) is 10.9 Å². The highest BCUT2D eigenvalue weighted by Crippen LogP contribution is 2.45. The number of aromatic amines is 1. The SMILES string of the molecule is CCN(CCCc1c[nH]c2c(F)cccc12)CCCC1(c2ccc(F)cc2)OCc2cc(C#N)ccc21. The summed E-state index contributed by atoms with van der Waals surface area (Å²) in [6, 6.07) is 19.7. The molecular formula is C31H31F2N3O. The molecule has 4 aromatic rings. The third kappa shape index (κ3) is 5.02. The molecule has 1 aliphatic rings. The van der Waals surface area contributed by atoms with E-state index in [0.717, 1.165) is 73.0 Å². The summed E-state index contributed by atoms with van der Waals surface area (Å²) < 4.78 is 34.2. The number of aryl methyl sites for hydroxylation is 1. The Morgan fingerprint density at radius 2 is 1.86 bits per heavy atom. The van der Waals surface area contributed by atoms with Crippen LogP contribution in [-0.4, -0.2) is 29.5 Å². The van der Waals surface area contributed by atoms with E-state index in [-0.39, 0.29) is 11.6 Å². The van der Waals surface area contributed by atoms with Crippen LogP contribution < -0.4 is 0 Å². The van der Waals surface area contributed by atoms with Crippen molar-refractivity contribution in [2.75, 3.05) is 19.6 Å². The molecule has 0 bridgehead atoms. The van der Waals surface area contributed by atoms with Gasteiger partial charge in [-0.2, -0.15) is 5.26 Å². The van der Waals surface area contributed by atoms with Crippen molar-refractivity contribution in [3.63, 3.8) is 0 Å². The molecule has 5 rings (SSSR count). The number of rotatable bonds is 10. The highest BCUT2D eigenvalue weighted by molar-refractivity contribution is 5.83. The van der Waals surface area contributed by atoms with E-state index in [9.17, 15) is 14.0 Å². The Bertz CT molecular complexity index is 1420. The number of H-pyrrole nitrogens is 1. The van der Waals surface area contributed by atoms with Crippen molar-refractivity contribution in [2.45, 2.75) is 44.8 Å². The number of nitrogens with one attached hydrogen (secondary N) is 1. The van der Waals surface area contributed by atoms with E-state index >= 15 is 0 Å². The predicted octanol–water partition coefficient (Wildman–Crippen LogP) is 6.83. The van der Waals surface area contributed by atoms with Crippen LogP contribution >= 0.6 is 0 Å². The number of hydrogen-bond donors (Lipinski definition) is 1. The fraction of sp³-hybridized carbons (Fsp3) is 0.323. The van der Waals surface area contributed by atoms with E-state index in [1.165, 1.54) is 18.2 Å². The first-order chi connectivity index (χ1) is 18.0. The van der Waals surface area contributed by atoms with Crippen LogP contribution in [0.4, 0.5) is 8.78 Å². The van der Waals surface area contributed by atoms with Gasteiger partial charge in [0.15, 0.2) is 0 Å². The highest BCUT2D eigenvalue weighted by Gasteiger charge is 2.41. The average Bonchev–Trinajstić information content (AvgIpc) is 3.51. The zero-order valence-corrected chi connectivity index (χ0v) is 21.1. The molecule has 1 N–H and O–H groups in total. The molecule has 2 heterocycles. The zero-order chi connectivity index (χ0) is 25.8. The molecule has 0 amide bonds. The molecule has 1 aromatic heterocycles. The first-order valence-corrected chi connectivity index (χ1v) is 12.9. The summed E-state index contributed by atoms with van der Waals surface area (Å²) in [5.74, 6) is -0.486. The summed E-state index contributed by atoms with van der Waals surface area (Å²) in [7, 11) is 0. The molecule has 0 saturated heterocycles. The second kappa shape index (κ2) is 10.8. The maximum atomic E-state index is 14.0. The largest absolute Gasteiger partial charge is 0.361 e.